The van der Waals surface area contributed by atoms with Crippen LogP contribution in [-0.4, -0.2) is 29.6 Å². The summed E-state index contributed by atoms with van der Waals surface area (Å²) in [6.07, 6.45) is 4.30. The van der Waals surface area contributed by atoms with Crippen molar-refractivity contribution in [2.45, 2.75) is 44.7 Å². The molecule has 104 valence electrons. The molecule has 2 rings (SSSR count). The molecule has 0 heterocycles. The van der Waals surface area contributed by atoms with Crippen molar-refractivity contribution in [2.24, 2.45) is 0 Å². The first-order chi connectivity index (χ1) is 9.19. The molecule has 0 aromatic heterocycles. The number of hydrogen-bond donors (Lipinski definition) is 3. The van der Waals surface area contributed by atoms with Crippen molar-refractivity contribution in [1.29, 1.82) is 0 Å². The highest BCUT2D eigenvalue weighted by Gasteiger charge is 2.21. The van der Waals surface area contributed by atoms with Crippen molar-refractivity contribution in [2.75, 3.05) is 6.54 Å². The molecule has 3 N–H and O–H groups in total. The van der Waals surface area contributed by atoms with Crippen molar-refractivity contribution in [3.8, 4) is 5.75 Å². The number of nitrogens with one attached hydrogen (secondary N) is 2. The maximum atomic E-state index is 12.0. The number of carbonyl (C=O) groups excluding carboxylic acids is 1. The lowest BCUT2D eigenvalue weighted by molar-refractivity contribution is 0.0924. The first-order valence-electron chi connectivity index (χ1n) is 7.02. The third-order valence-electron chi connectivity index (χ3n) is 3.68. The van der Waals surface area contributed by atoms with E-state index in [0.717, 1.165) is 32.2 Å². The van der Waals surface area contributed by atoms with Crippen molar-refractivity contribution in [3.05, 3.63) is 29.8 Å². The zero-order valence-electron chi connectivity index (χ0n) is 11.4. The van der Waals surface area contributed by atoms with Crippen LogP contribution < -0.4 is 10.6 Å². The van der Waals surface area contributed by atoms with Crippen molar-refractivity contribution in [1.82, 2.24) is 10.6 Å². The summed E-state index contributed by atoms with van der Waals surface area (Å²) in [4.78, 5) is 12.0. The van der Waals surface area contributed by atoms with Crippen LogP contribution in [0.1, 0.15) is 43.0 Å². The van der Waals surface area contributed by atoms with E-state index in [-0.39, 0.29) is 17.7 Å². The van der Waals surface area contributed by atoms with Crippen LogP contribution in [0.2, 0.25) is 0 Å². The quantitative estimate of drug-likeness (QED) is 0.778. The Morgan fingerprint density at radius 2 is 1.74 bits per heavy atom. The Morgan fingerprint density at radius 1 is 1.16 bits per heavy atom. The molecule has 4 heteroatoms. The highest BCUT2D eigenvalue weighted by Crippen LogP contribution is 2.19. The molecule has 19 heavy (non-hydrogen) atoms. The van der Waals surface area contributed by atoms with Crippen molar-refractivity contribution < 1.29 is 9.90 Å². The zero-order chi connectivity index (χ0) is 13.7. The number of phenols is 1. The third kappa shape index (κ3) is 3.96. The van der Waals surface area contributed by atoms with Crippen LogP contribution in [0.4, 0.5) is 0 Å². The van der Waals surface area contributed by atoms with Gasteiger partial charge in [0.1, 0.15) is 5.75 Å². The Bertz CT molecular complexity index is 409. The molecule has 0 atom stereocenters. The van der Waals surface area contributed by atoms with Gasteiger partial charge in [0.15, 0.2) is 0 Å². The fourth-order valence-electron chi connectivity index (χ4n) is 2.61. The summed E-state index contributed by atoms with van der Waals surface area (Å²) in [5.74, 6) is 0.134. The van der Waals surface area contributed by atoms with Gasteiger partial charge in [-0.3, -0.25) is 4.79 Å². The molecule has 0 unspecified atom stereocenters. The molecular formula is C15H22N2O2. The predicted molar refractivity (Wildman–Crippen MR) is 75.3 cm³/mol. The third-order valence-corrected chi connectivity index (χ3v) is 3.68. The molecule has 1 saturated carbocycles. The van der Waals surface area contributed by atoms with Crippen LogP contribution in [0.5, 0.6) is 5.75 Å². The molecule has 1 aliphatic rings. The largest absolute Gasteiger partial charge is 0.508 e. The Morgan fingerprint density at radius 3 is 2.32 bits per heavy atom. The summed E-state index contributed by atoms with van der Waals surface area (Å²) in [7, 11) is 0. The lowest BCUT2D eigenvalue weighted by Gasteiger charge is -2.29. The molecule has 4 nitrogen and oxygen atoms in total. The molecule has 1 aromatic rings. The minimum absolute atomic E-state index is 0.0492. The lowest BCUT2D eigenvalue weighted by Crippen LogP contribution is -2.42. The van der Waals surface area contributed by atoms with Crippen LogP contribution >= 0.6 is 0 Å². The van der Waals surface area contributed by atoms with Gasteiger partial charge in [-0.25, -0.2) is 0 Å². The Hall–Kier alpha value is -1.55. The molecule has 1 aromatic carbocycles. The molecule has 1 aliphatic carbocycles. The fraction of sp³-hybridized carbons (Fsp3) is 0.533. The minimum atomic E-state index is -0.0492. The maximum absolute atomic E-state index is 12.0. The van der Waals surface area contributed by atoms with Gasteiger partial charge in [0.05, 0.1) is 0 Å². The first kappa shape index (κ1) is 13.9. The van der Waals surface area contributed by atoms with Gasteiger partial charge in [0.25, 0.3) is 5.91 Å². The second-order valence-electron chi connectivity index (χ2n) is 5.13. The fourth-order valence-corrected chi connectivity index (χ4v) is 2.61. The average molecular weight is 262 g/mol. The molecule has 0 saturated heterocycles. The Kier molecular flexibility index (Phi) is 4.80. The van der Waals surface area contributed by atoms with Gasteiger partial charge in [0.2, 0.25) is 0 Å². The molecule has 0 bridgehead atoms. The second kappa shape index (κ2) is 6.57. The van der Waals surface area contributed by atoms with Crippen LogP contribution in [0.25, 0.3) is 0 Å². The maximum Gasteiger partial charge on any atom is 0.251 e. The van der Waals surface area contributed by atoms with Gasteiger partial charge in [-0.05, 0) is 56.5 Å². The van der Waals surface area contributed by atoms with E-state index < -0.39 is 0 Å². The predicted octanol–water partition coefficient (Wildman–Crippen LogP) is 2.04. The summed E-state index contributed by atoms with van der Waals surface area (Å²) in [6.45, 7) is 3.13. The summed E-state index contributed by atoms with van der Waals surface area (Å²) in [5.41, 5.74) is 0.603. The molecule has 1 fully saturated rings. The van der Waals surface area contributed by atoms with Crippen LogP contribution in [0.15, 0.2) is 24.3 Å². The highest BCUT2D eigenvalue weighted by atomic mass is 16.3. The van der Waals surface area contributed by atoms with Crippen molar-refractivity contribution in [3.63, 3.8) is 0 Å². The van der Waals surface area contributed by atoms with Crippen LogP contribution in [-0.2, 0) is 0 Å². The molecule has 0 aliphatic heterocycles. The smallest absolute Gasteiger partial charge is 0.251 e. The van der Waals surface area contributed by atoms with E-state index in [0.29, 0.717) is 11.6 Å². The Labute approximate surface area is 114 Å². The normalized spacial score (nSPS) is 23.0. The zero-order valence-corrected chi connectivity index (χ0v) is 11.4. The van der Waals surface area contributed by atoms with E-state index in [4.69, 9.17) is 0 Å². The topological polar surface area (TPSA) is 61.4 Å². The monoisotopic (exact) mass is 262 g/mol. The van der Waals surface area contributed by atoms with Gasteiger partial charge in [-0.2, -0.15) is 0 Å². The number of aromatic hydroxyl groups is 1. The van der Waals surface area contributed by atoms with Crippen LogP contribution in [0, 0.1) is 0 Å². The number of hydrogen-bond acceptors (Lipinski definition) is 3. The van der Waals surface area contributed by atoms with Crippen molar-refractivity contribution >= 4 is 5.91 Å². The van der Waals surface area contributed by atoms with Crippen LogP contribution in [0.3, 0.4) is 0 Å². The van der Waals surface area contributed by atoms with Gasteiger partial charge >= 0.3 is 0 Å². The summed E-state index contributed by atoms with van der Waals surface area (Å²) in [5, 5.41) is 15.7. The van der Waals surface area contributed by atoms with Gasteiger partial charge in [-0.15, -0.1) is 0 Å². The van der Waals surface area contributed by atoms with E-state index in [2.05, 4.69) is 17.6 Å². The van der Waals surface area contributed by atoms with E-state index in [1.54, 1.807) is 12.1 Å². The summed E-state index contributed by atoms with van der Waals surface area (Å²) in [6, 6.07) is 7.25. The molecule has 0 radical (unpaired) electrons. The number of benzene rings is 1. The minimum Gasteiger partial charge on any atom is -0.508 e. The lowest BCUT2D eigenvalue weighted by atomic mass is 9.91. The second-order valence-corrected chi connectivity index (χ2v) is 5.13. The molecule has 0 spiro atoms. The molecule has 1 amide bonds. The first-order valence-corrected chi connectivity index (χ1v) is 7.02. The number of amides is 1. The van der Waals surface area contributed by atoms with E-state index in [1.807, 2.05) is 0 Å². The standard InChI is InChI=1S/C15H22N2O2/c1-2-16-12-5-7-13(8-6-12)17-15(19)11-3-9-14(18)10-4-11/h3-4,9-10,12-13,16,18H,2,5-8H2,1H3,(H,17,19). The molecular weight excluding hydrogens is 240 g/mol. The van der Waals surface area contributed by atoms with Gasteiger partial charge in [-0.1, -0.05) is 6.92 Å². The number of rotatable bonds is 4. The van der Waals surface area contributed by atoms with Gasteiger partial charge in [0, 0.05) is 17.6 Å². The Balaban J connectivity index is 1.82. The summed E-state index contributed by atoms with van der Waals surface area (Å²) >= 11 is 0. The van der Waals surface area contributed by atoms with Gasteiger partial charge < -0.3 is 15.7 Å². The van der Waals surface area contributed by atoms with E-state index in [1.165, 1.54) is 12.1 Å². The SMILES string of the molecule is CCNC1CCC(NC(=O)c2ccc(O)cc2)CC1. The summed E-state index contributed by atoms with van der Waals surface area (Å²) < 4.78 is 0. The van der Waals surface area contributed by atoms with E-state index in [9.17, 15) is 9.90 Å². The van der Waals surface area contributed by atoms with E-state index >= 15 is 0 Å². The number of phenolic OH excluding ortho intramolecular Hbond substituents is 1. The highest BCUT2D eigenvalue weighted by molar-refractivity contribution is 5.94. The average Bonchev–Trinajstić information content (AvgIpc) is 2.42. The number of carbonyl (C=O) groups is 1.